The van der Waals surface area contributed by atoms with Crippen LogP contribution in [-0.2, 0) is 108 Å². The second-order valence-electron chi connectivity index (χ2n) is 0. The van der Waals surface area contributed by atoms with E-state index in [1.54, 1.807) is 0 Å². The summed E-state index contributed by atoms with van der Waals surface area (Å²) in [5.41, 5.74) is 0. The second kappa shape index (κ2) is 34.6. The molecule has 0 saturated heterocycles. The van der Waals surface area contributed by atoms with Gasteiger partial charge in [0, 0.05) is 132 Å². The molecule has 6 heteroatoms. The third-order valence-corrected chi connectivity index (χ3v) is 0. The number of rotatable bonds is 0. The van der Waals surface area contributed by atoms with E-state index in [0.717, 1.165) is 0 Å². The Labute approximate surface area is 129 Å². The van der Waals surface area contributed by atoms with Gasteiger partial charge in [-0.1, -0.05) is 0 Å². The van der Waals surface area contributed by atoms with Crippen molar-refractivity contribution in [1.82, 2.24) is 0 Å². The first kappa shape index (κ1) is 48.0. The molecule has 0 spiro atoms. The molecule has 0 heterocycles. The fourth-order valence-corrected chi connectivity index (χ4v) is 0. The molecule has 0 rings (SSSR count). The summed E-state index contributed by atoms with van der Waals surface area (Å²) in [6.07, 6.45) is 0. The summed E-state index contributed by atoms with van der Waals surface area (Å²) in [5, 5.41) is 0. The van der Waals surface area contributed by atoms with Gasteiger partial charge in [0.25, 0.3) is 0 Å². The molecule has 6 heavy (non-hydrogen) atoms. The zero-order valence-corrected chi connectivity index (χ0v) is 17.3. The van der Waals surface area contributed by atoms with Crippen molar-refractivity contribution in [3.63, 3.8) is 0 Å². The Morgan fingerprint density at radius 2 is 1.00 bits per heavy atom. The molecule has 0 aliphatic carbocycles. The zero-order valence-electron chi connectivity index (χ0n) is 2.83. The van der Waals surface area contributed by atoms with Gasteiger partial charge in [-0.3, -0.25) is 0 Å². The molecule has 0 aliphatic heterocycles. The van der Waals surface area contributed by atoms with E-state index < -0.39 is 0 Å². The van der Waals surface area contributed by atoms with E-state index in [9.17, 15) is 0 Å². The molecule has 0 nitrogen and oxygen atoms in total. The summed E-state index contributed by atoms with van der Waals surface area (Å²) < 4.78 is 0. The average molecular weight is 660 g/mol. The van der Waals surface area contributed by atoms with Crippen molar-refractivity contribution >= 4 is 23.9 Å². The van der Waals surface area contributed by atoms with Gasteiger partial charge in [0.2, 0.25) is 0 Å². The van der Waals surface area contributed by atoms with Crippen molar-refractivity contribution in [3.8, 4) is 0 Å². The van der Waals surface area contributed by atoms with E-state index in [2.05, 4.69) is 0 Å². The van der Waals surface area contributed by atoms with Gasteiger partial charge in [-0.05, 0) is 0 Å². The molecule has 0 aromatic heterocycles. The Morgan fingerprint density at radius 1 is 1.00 bits per heavy atom. The Kier molecular flexibility index (Phi) is 277. The molecule has 40 valence electrons. The van der Waals surface area contributed by atoms with Gasteiger partial charge in [0.15, 0.2) is 0 Å². The Bertz CT molecular complexity index is 15.5. The molecule has 0 aliphatic rings. The molecular weight excluding hydrogens is 660 g/mol. The SMILES string of the molecule is [Ag].[Au].[Cd].[Ni].[Sn].[Zn]. The summed E-state index contributed by atoms with van der Waals surface area (Å²) in [5.74, 6) is 0. The largest absolute Gasteiger partial charge is 0 e. The Morgan fingerprint density at radius 3 is 1.00 bits per heavy atom. The Balaban J connectivity index is 0. The summed E-state index contributed by atoms with van der Waals surface area (Å²) in [6, 6.07) is 0. The minimum Gasteiger partial charge on any atom is 0 e. The van der Waals surface area contributed by atoms with Crippen molar-refractivity contribution in [2.75, 3.05) is 0 Å². The first-order chi connectivity index (χ1) is 0. The van der Waals surface area contributed by atoms with Gasteiger partial charge in [-0.2, -0.15) is 0 Å². The molecule has 0 aromatic rings. The van der Waals surface area contributed by atoms with Crippen LogP contribution in [0.2, 0.25) is 0 Å². The molecule has 0 unspecified atom stereocenters. The summed E-state index contributed by atoms with van der Waals surface area (Å²) >= 11 is 0. The minimum atomic E-state index is 0. The quantitative estimate of drug-likeness (QED) is 0.311. The van der Waals surface area contributed by atoms with Gasteiger partial charge >= 0.3 is 0 Å². The maximum atomic E-state index is 0. The molecule has 0 saturated carbocycles. The fourth-order valence-electron chi connectivity index (χ4n) is 0. The van der Waals surface area contributed by atoms with E-state index in [4.69, 9.17) is 0 Å². The maximum Gasteiger partial charge on any atom is 0 e. The van der Waals surface area contributed by atoms with Crippen molar-refractivity contribution in [1.29, 1.82) is 0 Å². The van der Waals surface area contributed by atoms with Crippen LogP contribution in [0.25, 0.3) is 0 Å². The summed E-state index contributed by atoms with van der Waals surface area (Å²) in [6.45, 7) is 0. The van der Waals surface area contributed by atoms with Gasteiger partial charge in [-0.15, -0.1) is 0 Å². The standard InChI is InChI=1S/Ag.Au.Cd.Ni.Sn.Zn. The molecule has 0 aromatic carbocycles. The number of hydrogen-bond acceptors (Lipinski definition) is 0. The smallest absolute Gasteiger partial charge is 0 e. The van der Waals surface area contributed by atoms with Crippen LogP contribution in [0, 0.1) is 0 Å². The summed E-state index contributed by atoms with van der Waals surface area (Å²) in [7, 11) is 0. The van der Waals surface area contributed by atoms with Gasteiger partial charge in [-0.25, -0.2) is 0 Å². The zero-order chi connectivity index (χ0) is 0. The van der Waals surface area contributed by atoms with Crippen molar-refractivity contribution < 1.29 is 108 Å². The number of hydrogen-bond donors (Lipinski definition) is 0. The maximum absolute atomic E-state index is 0. The van der Waals surface area contributed by atoms with E-state index in [1.165, 1.54) is 0 Å². The molecular formula is AgAuCdNiSnZn. The molecule has 0 fully saturated rings. The monoisotopic (exact) mass is 660 g/mol. The molecule has 0 N–H and O–H groups in total. The van der Waals surface area contributed by atoms with E-state index in [0.29, 0.717) is 0 Å². The van der Waals surface area contributed by atoms with Crippen molar-refractivity contribution in [2.45, 2.75) is 0 Å². The molecule has 0 atom stereocenters. The van der Waals surface area contributed by atoms with Crippen LogP contribution < -0.4 is 0 Å². The Hall–Kier alpha value is 4.32. The fraction of sp³-hybridized carbons (Fsp3) is 0. The predicted octanol–water partition coefficient (Wildman–Crippen LogP) is -0.393. The van der Waals surface area contributed by atoms with Crippen LogP contribution in [0.1, 0.15) is 0 Å². The predicted molar refractivity (Wildman–Crippen MR) is 5.75 cm³/mol. The summed E-state index contributed by atoms with van der Waals surface area (Å²) in [4.78, 5) is 0. The van der Waals surface area contributed by atoms with Crippen LogP contribution >= 0.6 is 0 Å². The van der Waals surface area contributed by atoms with Crippen LogP contribution in [0.15, 0.2) is 0 Å². The van der Waals surface area contributed by atoms with Crippen molar-refractivity contribution in [2.24, 2.45) is 0 Å². The average Bonchev–Trinajstić information content (AvgIpc) is 0. The normalized spacial score (nSPS) is 0. The molecule has 0 amide bonds. The van der Waals surface area contributed by atoms with Crippen LogP contribution in [0.4, 0.5) is 0 Å². The van der Waals surface area contributed by atoms with E-state index in [-0.39, 0.29) is 132 Å². The molecule has 0 bridgehead atoms. The van der Waals surface area contributed by atoms with E-state index in [1.807, 2.05) is 0 Å². The van der Waals surface area contributed by atoms with Gasteiger partial charge < -0.3 is 0 Å². The van der Waals surface area contributed by atoms with E-state index >= 15 is 0 Å². The minimum absolute atomic E-state index is 0. The first-order valence-electron chi connectivity index (χ1n) is 0. The van der Waals surface area contributed by atoms with Gasteiger partial charge in [0.1, 0.15) is 0 Å². The van der Waals surface area contributed by atoms with Crippen molar-refractivity contribution in [3.05, 3.63) is 0 Å². The second-order valence-corrected chi connectivity index (χ2v) is 0. The first-order valence-corrected chi connectivity index (χ1v) is 0. The topological polar surface area (TPSA) is 0 Å². The van der Waals surface area contributed by atoms with Gasteiger partial charge in [0.05, 0.1) is 0 Å². The van der Waals surface area contributed by atoms with Crippen LogP contribution in [0.3, 0.4) is 0 Å². The third-order valence-electron chi connectivity index (χ3n) is 0. The van der Waals surface area contributed by atoms with Crippen LogP contribution in [-0.4, -0.2) is 23.9 Å². The molecule has 6 radical (unpaired) electrons. The third kappa shape index (κ3) is 23.9. The van der Waals surface area contributed by atoms with Crippen LogP contribution in [0.5, 0.6) is 0 Å².